The molecule has 0 aliphatic carbocycles. The van der Waals surface area contributed by atoms with Crippen molar-refractivity contribution in [3.8, 4) is 10.7 Å². The van der Waals surface area contributed by atoms with Gasteiger partial charge in [0.25, 0.3) is 0 Å². The van der Waals surface area contributed by atoms with Gasteiger partial charge in [0.05, 0.1) is 24.1 Å². The predicted molar refractivity (Wildman–Crippen MR) is 72.9 cm³/mol. The van der Waals surface area contributed by atoms with Crippen molar-refractivity contribution in [2.45, 2.75) is 32.5 Å². The summed E-state index contributed by atoms with van der Waals surface area (Å²) in [4.78, 5) is 7.82. The Labute approximate surface area is 116 Å². The first kappa shape index (κ1) is 12.8. The molecule has 1 saturated heterocycles. The van der Waals surface area contributed by atoms with Gasteiger partial charge in [0.15, 0.2) is 0 Å². The molecule has 2 atom stereocenters. The molecule has 0 N–H and O–H groups in total. The third kappa shape index (κ3) is 2.86. The van der Waals surface area contributed by atoms with Gasteiger partial charge >= 0.3 is 0 Å². The molecular formula is C13H17N3O2S. The Balaban J connectivity index is 1.70. The Morgan fingerprint density at radius 3 is 3.16 bits per heavy atom. The zero-order valence-electron chi connectivity index (χ0n) is 11.1. The lowest BCUT2D eigenvalue weighted by Gasteiger charge is -2.35. The highest BCUT2D eigenvalue weighted by Gasteiger charge is 2.25. The van der Waals surface area contributed by atoms with Gasteiger partial charge in [-0.3, -0.25) is 4.90 Å². The lowest BCUT2D eigenvalue weighted by Crippen LogP contribution is -2.46. The standard InChI is InChI=1S/C13H17N3O2S/c1-9-8-17-10(2)6-16(9)7-12-14-13(15-18-12)11-4-3-5-19-11/h3-5,9-10H,6-8H2,1-2H3/t9-,10-/m0/s1. The van der Waals surface area contributed by atoms with Crippen LogP contribution in [0, 0.1) is 0 Å². The minimum absolute atomic E-state index is 0.260. The van der Waals surface area contributed by atoms with Gasteiger partial charge in [-0.2, -0.15) is 4.98 Å². The summed E-state index contributed by atoms with van der Waals surface area (Å²) >= 11 is 1.62. The van der Waals surface area contributed by atoms with E-state index in [1.807, 2.05) is 17.5 Å². The second-order valence-corrected chi connectivity index (χ2v) is 5.86. The fourth-order valence-electron chi connectivity index (χ4n) is 2.19. The molecule has 0 saturated carbocycles. The molecule has 6 heteroatoms. The second kappa shape index (κ2) is 5.40. The number of hydrogen-bond donors (Lipinski definition) is 0. The Bertz CT molecular complexity index is 526. The molecule has 3 heterocycles. The van der Waals surface area contributed by atoms with Crippen LogP contribution in [0.3, 0.4) is 0 Å². The second-order valence-electron chi connectivity index (χ2n) is 4.91. The fourth-order valence-corrected chi connectivity index (χ4v) is 2.84. The normalized spacial score (nSPS) is 24.7. The Kier molecular flexibility index (Phi) is 3.63. The van der Waals surface area contributed by atoms with Crippen molar-refractivity contribution in [1.29, 1.82) is 0 Å². The van der Waals surface area contributed by atoms with E-state index in [4.69, 9.17) is 9.26 Å². The maximum Gasteiger partial charge on any atom is 0.241 e. The van der Waals surface area contributed by atoms with E-state index < -0.39 is 0 Å². The van der Waals surface area contributed by atoms with Crippen LogP contribution in [0.25, 0.3) is 10.7 Å². The Hall–Kier alpha value is -1.24. The minimum atomic E-state index is 0.260. The van der Waals surface area contributed by atoms with Crippen molar-refractivity contribution in [3.63, 3.8) is 0 Å². The van der Waals surface area contributed by atoms with Crippen molar-refractivity contribution in [2.24, 2.45) is 0 Å². The van der Waals surface area contributed by atoms with E-state index in [-0.39, 0.29) is 6.10 Å². The number of morpholine rings is 1. The quantitative estimate of drug-likeness (QED) is 0.863. The van der Waals surface area contributed by atoms with Gasteiger partial charge in [-0.05, 0) is 25.3 Å². The molecular weight excluding hydrogens is 262 g/mol. The molecule has 2 aromatic heterocycles. The number of aromatic nitrogens is 2. The van der Waals surface area contributed by atoms with Crippen LogP contribution in [0.4, 0.5) is 0 Å². The van der Waals surface area contributed by atoms with Crippen molar-refractivity contribution < 1.29 is 9.26 Å². The van der Waals surface area contributed by atoms with Crippen LogP contribution < -0.4 is 0 Å². The molecule has 0 aromatic carbocycles. The Morgan fingerprint density at radius 2 is 2.37 bits per heavy atom. The zero-order valence-corrected chi connectivity index (χ0v) is 11.9. The molecule has 1 fully saturated rings. The number of rotatable bonds is 3. The summed E-state index contributed by atoms with van der Waals surface area (Å²) in [6, 6.07) is 4.37. The minimum Gasteiger partial charge on any atom is -0.376 e. The summed E-state index contributed by atoms with van der Waals surface area (Å²) in [7, 11) is 0. The molecule has 0 radical (unpaired) electrons. The first-order chi connectivity index (χ1) is 9.22. The topological polar surface area (TPSA) is 51.4 Å². The molecule has 0 amide bonds. The van der Waals surface area contributed by atoms with Crippen LogP contribution in [0.2, 0.25) is 0 Å². The van der Waals surface area contributed by atoms with E-state index in [1.54, 1.807) is 11.3 Å². The van der Waals surface area contributed by atoms with Gasteiger partial charge < -0.3 is 9.26 Å². The fraction of sp³-hybridized carbons (Fsp3) is 0.538. The number of ether oxygens (including phenoxy) is 1. The van der Waals surface area contributed by atoms with Crippen LogP contribution in [-0.4, -0.2) is 40.3 Å². The van der Waals surface area contributed by atoms with Crippen molar-refractivity contribution >= 4 is 11.3 Å². The maximum atomic E-state index is 5.62. The molecule has 0 spiro atoms. The molecule has 1 aliphatic heterocycles. The summed E-state index contributed by atoms with van der Waals surface area (Å²) < 4.78 is 11.0. The predicted octanol–water partition coefficient (Wildman–Crippen LogP) is 2.41. The first-order valence-electron chi connectivity index (χ1n) is 6.44. The largest absolute Gasteiger partial charge is 0.376 e. The van der Waals surface area contributed by atoms with Crippen molar-refractivity contribution in [3.05, 3.63) is 23.4 Å². The molecule has 3 rings (SSSR count). The van der Waals surface area contributed by atoms with E-state index in [9.17, 15) is 0 Å². The summed E-state index contributed by atoms with van der Waals surface area (Å²) in [5.74, 6) is 1.35. The SMILES string of the molecule is C[C@H]1CN(Cc2nc(-c3cccs3)no2)[C@@H](C)CO1. The van der Waals surface area contributed by atoms with E-state index in [0.717, 1.165) is 18.0 Å². The van der Waals surface area contributed by atoms with Gasteiger partial charge in [0.1, 0.15) is 0 Å². The highest BCUT2D eigenvalue weighted by Crippen LogP contribution is 2.22. The highest BCUT2D eigenvalue weighted by atomic mass is 32.1. The van der Waals surface area contributed by atoms with Crippen LogP contribution in [0.15, 0.2) is 22.0 Å². The number of thiophene rings is 1. The van der Waals surface area contributed by atoms with Gasteiger partial charge in [-0.25, -0.2) is 0 Å². The smallest absolute Gasteiger partial charge is 0.241 e. The van der Waals surface area contributed by atoms with Crippen LogP contribution >= 0.6 is 11.3 Å². The molecule has 1 aliphatic rings. The summed E-state index contributed by atoms with van der Waals surface area (Å²) in [6.45, 7) is 6.59. The van der Waals surface area contributed by atoms with Crippen LogP contribution in [0.5, 0.6) is 0 Å². The van der Waals surface area contributed by atoms with Crippen molar-refractivity contribution in [2.75, 3.05) is 13.2 Å². The lowest BCUT2D eigenvalue weighted by atomic mass is 10.2. The van der Waals surface area contributed by atoms with Crippen LogP contribution in [0.1, 0.15) is 19.7 Å². The third-order valence-electron chi connectivity index (χ3n) is 3.28. The van der Waals surface area contributed by atoms with E-state index in [2.05, 4.69) is 28.9 Å². The summed E-state index contributed by atoms with van der Waals surface area (Å²) in [5.41, 5.74) is 0. The molecule has 0 unspecified atom stereocenters. The lowest BCUT2D eigenvalue weighted by molar-refractivity contribution is -0.0555. The molecule has 102 valence electrons. The van der Waals surface area contributed by atoms with Gasteiger partial charge in [-0.15, -0.1) is 11.3 Å². The Morgan fingerprint density at radius 1 is 1.47 bits per heavy atom. The monoisotopic (exact) mass is 279 g/mol. The molecule has 5 nitrogen and oxygen atoms in total. The van der Waals surface area contributed by atoms with Gasteiger partial charge in [0.2, 0.25) is 11.7 Å². The van der Waals surface area contributed by atoms with E-state index in [1.165, 1.54) is 0 Å². The third-order valence-corrected chi connectivity index (χ3v) is 4.15. The first-order valence-corrected chi connectivity index (χ1v) is 7.32. The number of nitrogens with zero attached hydrogens (tertiary/aromatic N) is 3. The summed E-state index contributed by atoms with van der Waals surface area (Å²) in [5, 5.41) is 6.05. The van der Waals surface area contributed by atoms with Gasteiger partial charge in [-0.1, -0.05) is 11.2 Å². The van der Waals surface area contributed by atoms with E-state index in [0.29, 0.717) is 24.3 Å². The highest BCUT2D eigenvalue weighted by molar-refractivity contribution is 7.13. The van der Waals surface area contributed by atoms with Crippen LogP contribution in [-0.2, 0) is 11.3 Å². The molecule has 2 aromatic rings. The maximum absolute atomic E-state index is 5.62. The molecule has 19 heavy (non-hydrogen) atoms. The zero-order chi connectivity index (χ0) is 13.2. The molecule has 0 bridgehead atoms. The summed E-state index contributed by atoms with van der Waals surface area (Å²) in [6.07, 6.45) is 0.260. The van der Waals surface area contributed by atoms with Gasteiger partial charge in [0, 0.05) is 12.6 Å². The van der Waals surface area contributed by atoms with Crippen molar-refractivity contribution in [1.82, 2.24) is 15.0 Å². The van der Waals surface area contributed by atoms with E-state index >= 15 is 0 Å². The average molecular weight is 279 g/mol. The average Bonchev–Trinajstić information content (AvgIpc) is 3.04. The number of hydrogen-bond acceptors (Lipinski definition) is 6.